The van der Waals surface area contributed by atoms with Gasteiger partial charge in [0.05, 0.1) is 12.1 Å². The highest BCUT2D eigenvalue weighted by molar-refractivity contribution is 5.68. The van der Waals surface area contributed by atoms with Gasteiger partial charge in [-0.05, 0) is 45.7 Å². The van der Waals surface area contributed by atoms with Gasteiger partial charge in [0.1, 0.15) is 5.60 Å². The number of carbonyl (C=O) groups is 1. The second-order valence-electron chi connectivity index (χ2n) is 8.69. The summed E-state index contributed by atoms with van der Waals surface area (Å²) in [5.41, 5.74) is -1.04. The largest absolute Gasteiger partial charge is 0.444 e. The van der Waals surface area contributed by atoms with Crippen molar-refractivity contribution >= 4 is 6.09 Å². The predicted molar refractivity (Wildman–Crippen MR) is 107 cm³/mol. The number of alkyl halides is 3. The highest BCUT2D eigenvalue weighted by Gasteiger charge is 2.31. The Balaban J connectivity index is 1.55. The molecule has 0 aliphatic carbocycles. The fourth-order valence-electron chi connectivity index (χ4n) is 3.41. The van der Waals surface area contributed by atoms with Crippen LogP contribution in [0.25, 0.3) is 11.4 Å². The van der Waals surface area contributed by atoms with Gasteiger partial charge in [0.2, 0.25) is 11.7 Å². The van der Waals surface area contributed by atoms with Gasteiger partial charge in [0, 0.05) is 31.7 Å². The molecule has 0 N–H and O–H groups in total. The van der Waals surface area contributed by atoms with Gasteiger partial charge in [-0.25, -0.2) is 4.79 Å². The Morgan fingerprint density at radius 3 is 2.55 bits per heavy atom. The van der Waals surface area contributed by atoms with E-state index in [2.05, 4.69) is 15.0 Å². The third-order valence-electron chi connectivity index (χ3n) is 5.06. The van der Waals surface area contributed by atoms with E-state index in [1.165, 1.54) is 12.1 Å². The first-order valence-corrected chi connectivity index (χ1v) is 10.1. The van der Waals surface area contributed by atoms with Crippen LogP contribution in [-0.2, 0) is 17.5 Å². The van der Waals surface area contributed by atoms with E-state index in [9.17, 15) is 18.0 Å². The van der Waals surface area contributed by atoms with Gasteiger partial charge in [0.25, 0.3) is 0 Å². The molecule has 0 bridgehead atoms. The highest BCUT2D eigenvalue weighted by Crippen LogP contribution is 2.31. The molecule has 0 spiro atoms. The summed E-state index contributed by atoms with van der Waals surface area (Å²) < 4.78 is 49.4. The molecule has 0 unspecified atom stereocenters. The lowest BCUT2D eigenvalue weighted by atomic mass is 10.0. The SMILES string of the molecule is CN(C(=O)OC(C)(C)C)C1CCN(Cc2nc(-c3cccc(C(F)(F)F)c3)no2)CC1. The van der Waals surface area contributed by atoms with Crippen LogP contribution in [0.3, 0.4) is 0 Å². The van der Waals surface area contributed by atoms with E-state index in [0.29, 0.717) is 12.4 Å². The topological polar surface area (TPSA) is 71.7 Å². The van der Waals surface area contributed by atoms with E-state index in [1.54, 1.807) is 11.9 Å². The molecule has 31 heavy (non-hydrogen) atoms. The number of amides is 1. The summed E-state index contributed by atoms with van der Waals surface area (Å²) in [6, 6.07) is 4.92. The summed E-state index contributed by atoms with van der Waals surface area (Å²) >= 11 is 0. The number of rotatable bonds is 4. The van der Waals surface area contributed by atoms with E-state index in [-0.39, 0.29) is 23.5 Å². The number of aromatic nitrogens is 2. The quantitative estimate of drug-likeness (QED) is 0.693. The molecule has 7 nitrogen and oxygen atoms in total. The molecule has 1 fully saturated rings. The van der Waals surface area contributed by atoms with Gasteiger partial charge >= 0.3 is 12.3 Å². The van der Waals surface area contributed by atoms with Crippen molar-refractivity contribution in [1.82, 2.24) is 19.9 Å². The lowest BCUT2D eigenvalue weighted by Gasteiger charge is -2.36. The van der Waals surface area contributed by atoms with Crippen molar-refractivity contribution in [3.63, 3.8) is 0 Å². The molecule has 1 saturated heterocycles. The standard InChI is InChI=1S/C21H27F3N4O3/c1-20(2,3)30-19(29)27(4)16-8-10-28(11-9-16)13-17-25-18(26-31-17)14-6-5-7-15(12-14)21(22,23)24/h5-7,12,16H,8-11,13H2,1-4H3. The van der Waals surface area contributed by atoms with Crippen molar-refractivity contribution in [2.24, 2.45) is 0 Å². The average molecular weight is 440 g/mol. The number of hydrogen-bond acceptors (Lipinski definition) is 6. The molecule has 170 valence electrons. The smallest absolute Gasteiger partial charge is 0.416 e. The van der Waals surface area contributed by atoms with Gasteiger partial charge in [-0.3, -0.25) is 4.90 Å². The van der Waals surface area contributed by atoms with Crippen LogP contribution in [0, 0.1) is 0 Å². The first-order chi connectivity index (χ1) is 14.4. The van der Waals surface area contributed by atoms with E-state index in [0.717, 1.165) is 38.1 Å². The number of hydrogen-bond donors (Lipinski definition) is 0. The zero-order valence-corrected chi connectivity index (χ0v) is 18.1. The lowest BCUT2D eigenvalue weighted by Crippen LogP contribution is -2.46. The summed E-state index contributed by atoms with van der Waals surface area (Å²) in [6.45, 7) is 7.34. The van der Waals surface area contributed by atoms with Crippen LogP contribution in [0.5, 0.6) is 0 Å². The number of piperidine rings is 1. The Hall–Kier alpha value is -2.62. The first-order valence-electron chi connectivity index (χ1n) is 10.1. The molecule has 2 aromatic rings. The van der Waals surface area contributed by atoms with Crippen LogP contribution in [-0.4, -0.2) is 57.8 Å². The minimum atomic E-state index is -4.43. The van der Waals surface area contributed by atoms with Gasteiger partial charge in [0.15, 0.2) is 0 Å². The van der Waals surface area contributed by atoms with Crippen LogP contribution in [0.4, 0.5) is 18.0 Å². The molecule has 10 heteroatoms. The summed E-state index contributed by atoms with van der Waals surface area (Å²) in [7, 11) is 1.74. The molecule has 1 aromatic heterocycles. The van der Waals surface area contributed by atoms with Gasteiger partial charge in [-0.15, -0.1) is 0 Å². The molecule has 0 atom stereocenters. The molecule has 1 amide bonds. The summed E-state index contributed by atoms with van der Waals surface area (Å²) in [6.07, 6.45) is -3.23. The van der Waals surface area contributed by atoms with Crippen LogP contribution in [0.1, 0.15) is 45.1 Å². The van der Waals surface area contributed by atoms with Crippen molar-refractivity contribution in [1.29, 1.82) is 0 Å². The van der Waals surface area contributed by atoms with E-state index >= 15 is 0 Å². The maximum Gasteiger partial charge on any atom is 0.416 e. The third kappa shape index (κ3) is 6.19. The van der Waals surface area contributed by atoms with Gasteiger partial charge in [-0.2, -0.15) is 18.2 Å². The molecule has 1 aliphatic heterocycles. The average Bonchev–Trinajstić information content (AvgIpc) is 3.15. The fraction of sp³-hybridized carbons (Fsp3) is 0.571. The van der Waals surface area contributed by atoms with Gasteiger partial charge in [-0.1, -0.05) is 17.3 Å². The number of carbonyl (C=O) groups excluding carboxylic acids is 1. The lowest BCUT2D eigenvalue weighted by molar-refractivity contribution is -0.137. The molecule has 0 saturated carbocycles. The molecular weight excluding hydrogens is 413 g/mol. The Bertz CT molecular complexity index is 900. The molecule has 1 aliphatic rings. The number of halogens is 3. The van der Waals surface area contributed by atoms with E-state index in [4.69, 9.17) is 9.26 Å². The van der Waals surface area contributed by atoms with E-state index < -0.39 is 17.3 Å². The van der Waals surface area contributed by atoms with Crippen molar-refractivity contribution < 1.29 is 27.2 Å². The highest BCUT2D eigenvalue weighted by atomic mass is 19.4. The molecule has 2 heterocycles. The maximum atomic E-state index is 12.9. The van der Waals surface area contributed by atoms with Gasteiger partial charge < -0.3 is 14.2 Å². The minimum absolute atomic E-state index is 0.0782. The Morgan fingerprint density at radius 1 is 1.26 bits per heavy atom. The summed E-state index contributed by atoms with van der Waals surface area (Å²) in [5, 5.41) is 3.83. The number of ether oxygens (including phenoxy) is 1. The fourth-order valence-corrected chi connectivity index (χ4v) is 3.41. The normalized spacial score (nSPS) is 16.4. The zero-order valence-electron chi connectivity index (χ0n) is 18.1. The molecule has 3 rings (SSSR count). The number of likely N-dealkylation sites (tertiary alicyclic amines) is 1. The zero-order chi connectivity index (χ0) is 22.8. The monoisotopic (exact) mass is 440 g/mol. The maximum absolute atomic E-state index is 12.9. The minimum Gasteiger partial charge on any atom is -0.444 e. The van der Waals surface area contributed by atoms with Crippen molar-refractivity contribution in [2.45, 2.75) is 58.0 Å². The van der Waals surface area contributed by atoms with Crippen LogP contribution in [0.2, 0.25) is 0 Å². The number of benzene rings is 1. The Morgan fingerprint density at radius 2 is 1.94 bits per heavy atom. The van der Waals surface area contributed by atoms with Crippen molar-refractivity contribution in [3.05, 3.63) is 35.7 Å². The Kier molecular flexibility index (Phi) is 6.59. The predicted octanol–water partition coefficient (Wildman–Crippen LogP) is 4.59. The molecule has 1 aromatic carbocycles. The Labute approximate surface area is 179 Å². The number of nitrogens with zero attached hydrogens (tertiary/aromatic N) is 4. The third-order valence-corrected chi connectivity index (χ3v) is 5.06. The van der Waals surface area contributed by atoms with Crippen LogP contribution in [0.15, 0.2) is 28.8 Å². The molecule has 0 radical (unpaired) electrons. The molecular formula is C21H27F3N4O3. The summed E-state index contributed by atoms with van der Waals surface area (Å²) in [4.78, 5) is 20.2. The summed E-state index contributed by atoms with van der Waals surface area (Å²) in [5.74, 6) is 0.465. The first kappa shape index (κ1) is 23.1. The second kappa shape index (κ2) is 8.86. The van der Waals surface area contributed by atoms with Crippen molar-refractivity contribution in [3.8, 4) is 11.4 Å². The van der Waals surface area contributed by atoms with E-state index in [1.807, 2.05) is 20.8 Å². The van der Waals surface area contributed by atoms with Crippen LogP contribution >= 0.6 is 0 Å². The van der Waals surface area contributed by atoms with Crippen LogP contribution < -0.4 is 0 Å². The second-order valence-corrected chi connectivity index (χ2v) is 8.69. The van der Waals surface area contributed by atoms with Crippen molar-refractivity contribution in [2.75, 3.05) is 20.1 Å².